The van der Waals surface area contributed by atoms with Crippen molar-refractivity contribution in [1.29, 1.82) is 0 Å². The van der Waals surface area contributed by atoms with Crippen LogP contribution in [0.25, 0.3) is 0 Å². The number of hydrogen-bond acceptors (Lipinski definition) is 4. The van der Waals surface area contributed by atoms with Crippen molar-refractivity contribution in [2.45, 2.75) is 45.6 Å². The number of nitrogen functional groups attached to an aromatic ring is 1. The first kappa shape index (κ1) is 13.6. The van der Waals surface area contributed by atoms with E-state index in [9.17, 15) is 4.79 Å². The van der Waals surface area contributed by atoms with Gasteiger partial charge in [-0.15, -0.1) is 0 Å². The number of carbonyl (C=O) groups is 1. The van der Waals surface area contributed by atoms with Gasteiger partial charge in [0.25, 0.3) is 5.91 Å². The second kappa shape index (κ2) is 5.07. The normalized spacial score (nSPS) is 19.1. The summed E-state index contributed by atoms with van der Waals surface area (Å²) in [6.07, 6.45) is 5.85. The van der Waals surface area contributed by atoms with Gasteiger partial charge in [0.05, 0.1) is 17.4 Å². The topological polar surface area (TPSA) is 91.2 Å². The molecule has 2 rings (SSSR count). The summed E-state index contributed by atoms with van der Waals surface area (Å²) < 4.78 is 5.82. The number of anilines is 1. The van der Waals surface area contributed by atoms with Crippen LogP contribution in [0.15, 0.2) is 12.3 Å². The van der Waals surface area contributed by atoms with E-state index in [1.165, 1.54) is 12.3 Å². The maximum atomic E-state index is 11.2. The third-order valence-electron chi connectivity index (χ3n) is 3.75. The molecule has 1 aromatic rings. The number of hydrogen-bond donors (Lipinski definition) is 2. The standard InChI is InChI=1S/C14H21N3O2/c1-14(2)5-3-9(4-6-14)19-12-7-10(13(16)18)11(15)8-17-12/h7-9H,3-6,15H2,1-2H3,(H2,16,18). The summed E-state index contributed by atoms with van der Waals surface area (Å²) in [7, 11) is 0. The highest BCUT2D eigenvalue weighted by Crippen LogP contribution is 2.36. The lowest BCUT2D eigenvalue weighted by Gasteiger charge is -2.34. The van der Waals surface area contributed by atoms with Crippen molar-refractivity contribution in [2.24, 2.45) is 11.1 Å². The predicted molar refractivity (Wildman–Crippen MR) is 73.8 cm³/mol. The molecular formula is C14H21N3O2. The van der Waals surface area contributed by atoms with Crippen LogP contribution >= 0.6 is 0 Å². The summed E-state index contributed by atoms with van der Waals surface area (Å²) in [5.41, 5.74) is 11.8. The number of aromatic nitrogens is 1. The van der Waals surface area contributed by atoms with Gasteiger partial charge >= 0.3 is 0 Å². The minimum Gasteiger partial charge on any atom is -0.474 e. The molecule has 0 unspecified atom stereocenters. The first-order valence-electron chi connectivity index (χ1n) is 6.59. The zero-order valence-electron chi connectivity index (χ0n) is 11.5. The molecule has 0 aromatic carbocycles. The van der Waals surface area contributed by atoms with E-state index in [4.69, 9.17) is 16.2 Å². The van der Waals surface area contributed by atoms with Gasteiger partial charge in [0.2, 0.25) is 5.88 Å². The first-order valence-corrected chi connectivity index (χ1v) is 6.59. The van der Waals surface area contributed by atoms with Gasteiger partial charge in [-0.3, -0.25) is 4.79 Å². The minimum atomic E-state index is -0.561. The van der Waals surface area contributed by atoms with Crippen LogP contribution in [0.2, 0.25) is 0 Å². The van der Waals surface area contributed by atoms with Crippen LogP contribution in [0, 0.1) is 5.41 Å². The van der Waals surface area contributed by atoms with E-state index in [1.54, 1.807) is 0 Å². The lowest BCUT2D eigenvalue weighted by molar-refractivity contribution is 0.0940. The quantitative estimate of drug-likeness (QED) is 0.873. The zero-order valence-corrected chi connectivity index (χ0v) is 11.5. The molecule has 0 bridgehead atoms. The van der Waals surface area contributed by atoms with Gasteiger partial charge in [-0.05, 0) is 31.1 Å². The predicted octanol–water partition coefficient (Wildman–Crippen LogP) is 2.11. The molecule has 0 radical (unpaired) electrons. The highest BCUT2D eigenvalue weighted by molar-refractivity contribution is 5.97. The Labute approximate surface area is 113 Å². The monoisotopic (exact) mass is 263 g/mol. The minimum absolute atomic E-state index is 0.157. The van der Waals surface area contributed by atoms with E-state index < -0.39 is 5.91 Å². The number of carbonyl (C=O) groups excluding carboxylic acids is 1. The molecule has 0 atom stereocenters. The molecule has 104 valence electrons. The third kappa shape index (κ3) is 3.36. The fraction of sp³-hybridized carbons (Fsp3) is 0.571. The van der Waals surface area contributed by atoms with Crippen LogP contribution < -0.4 is 16.2 Å². The summed E-state index contributed by atoms with van der Waals surface area (Å²) in [5, 5.41) is 0. The summed E-state index contributed by atoms with van der Waals surface area (Å²) in [4.78, 5) is 15.3. The second-order valence-electron chi connectivity index (χ2n) is 5.96. The van der Waals surface area contributed by atoms with E-state index in [2.05, 4.69) is 18.8 Å². The van der Waals surface area contributed by atoms with Crippen molar-refractivity contribution in [3.63, 3.8) is 0 Å². The van der Waals surface area contributed by atoms with E-state index >= 15 is 0 Å². The Morgan fingerprint density at radius 3 is 2.63 bits per heavy atom. The van der Waals surface area contributed by atoms with Crippen molar-refractivity contribution in [2.75, 3.05) is 5.73 Å². The van der Waals surface area contributed by atoms with Crippen molar-refractivity contribution < 1.29 is 9.53 Å². The zero-order chi connectivity index (χ0) is 14.0. The molecule has 4 N–H and O–H groups in total. The molecule has 1 aromatic heterocycles. The molecule has 5 heteroatoms. The third-order valence-corrected chi connectivity index (χ3v) is 3.75. The molecule has 5 nitrogen and oxygen atoms in total. The van der Waals surface area contributed by atoms with Gasteiger partial charge in [-0.1, -0.05) is 13.8 Å². The van der Waals surface area contributed by atoms with Crippen LogP contribution in [-0.4, -0.2) is 17.0 Å². The Balaban J connectivity index is 2.04. The van der Waals surface area contributed by atoms with E-state index in [-0.39, 0.29) is 17.4 Å². The number of ether oxygens (including phenoxy) is 1. The number of amides is 1. The number of nitrogens with zero attached hydrogens (tertiary/aromatic N) is 1. The maximum Gasteiger partial charge on any atom is 0.251 e. The Morgan fingerprint density at radius 1 is 1.42 bits per heavy atom. The smallest absolute Gasteiger partial charge is 0.251 e. The molecule has 1 amide bonds. The Morgan fingerprint density at radius 2 is 2.05 bits per heavy atom. The van der Waals surface area contributed by atoms with Crippen molar-refractivity contribution in [3.8, 4) is 5.88 Å². The van der Waals surface area contributed by atoms with Crippen LogP contribution in [0.1, 0.15) is 49.9 Å². The van der Waals surface area contributed by atoms with Crippen LogP contribution in [0.5, 0.6) is 5.88 Å². The molecule has 19 heavy (non-hydrogen) atoms. The fourth-order valence-electron chi connectivity index (χ4n) is 2.39. The Bertz CT molecular complexity index is 476. The van der Waals surface area contributed by atoms with Crippen LogP contribution in [0.3, 0.4) is 0 Å². The van der Waals surface area contributed by atoms with Crippen LogP contribution in [0.4, 0.5) is 5.69 Å². The summed E-state index contributed by atoms with van der Waals surface area (Å²) >= 11 is 0. The summed E-state index contributed by atoms with van der Waals surface area (Å²) in [5.74, 6) is -0.137. The summed E-state index contributed by atoms with van der Waals surface area (Å²) in [6.45, 7) is 4.55. The lowest BCUT2D eigenvalue weighted by Crippen LogP contribution is -2.28. The fourth-order valence-corrected chi connectivity index (χ4v) is 2.39. The largest absolute Gasteiger partial charge is 0.474 e. The van der Waals surface area contributed by atoms with E-state index in [0.29, 0.717) is 11.3 Å². The molecule has 0 aliphatic heterocycles. The molecule has 1 fully saturated rings. The molecule has 1 aliphatic carbocycles. The van der Waals surface area contributed by atoms with Gasteiger partial charge in [-0.25, -0.2) is 4.98 Å². The SMILES string of the molecule is CC1(C)CCC(Oc2cc(C(N)=O)c(N)cn2)CC1. The Hall–Kier alpha value is -1.78. The molecule has 1 saturated carbocycles. The number of pyridine rings is 1. The van der Waals surface area contributed by atoms with Crippen LogP contribution in [-0.2, 0) is 0 Å². The Kier molecular flexibility index (Phi) is 3.64. The average Bonchev–Trinajstić information content (AvgIpc) is 2.34. The molecule has 1 aliphatic rings. The summed E-state index contributed by atoms with van der Waals surface area (Å²) in [6, 6.07) is 1.53. The van der Waals surface area contributed by atoms with Gasteiger partial charge < -0.3 is 16.2 Å². The molecular weight excluding hydrogens is 242 g/mol. The van der Waals surface area contributed by atoms with E-state index in [1.807, 2.05) is 0 Å². The van der Waals surface area contributed by atoms with Gasteiger partial charge in [0.1, 0.15) is 6.10 Å². The van der Waals surface area contributed by atoms with Crippen molar-refractivity contribution >= 4 is 11.6 Å². The lowest BCUT2D eigenvalue weighted by atomic mass is 9.76. The maximum absolute atomic E-state index is 11.2. The second-order valence-corrected chi connectivity index (χ2v) is 5.96. The van der Waals surface area contributed by atoms with Gasteiger partial charge in [0.15, 0.2) is 0 Å². The van der Waals surface area contributed by atoms with Crippen molar-refractivity contribution in [1.82, 2.24) is 4.98 Å². The first-order chi connectivity index (χ1) is 8.87. The van der Waals surface area contributed by atoms with Gasteiger partial charge in [-0.2, -0.15) is 0 Å². The van der Waals surface area contributed by atoms with Gasteiger partial charge in [0, 0.05) is 6.07 Å². The van der Waals surface area contributed by atoms with E-state index in [0.717, 1.165) is 25.7 Å². The highest BCUT2D eigenvalue weighted by atomic mass is 16.5. The number of rotatable bonds is 3. The number of primary amides is 1. The van der Waals surface area contributed by atoms with Crippen molar-refractivity contribution in [3.05, 3.63) is 17.8 Å². The molecule has 0 spiro atoms. The average molecular weight is 263 g/mol. The molecule has 0 saturated heterocycles. The molecule has 1 heterocycles. The number of nitrogens with two attached hydrogens (primary N) is 2. The highest BCUT2D eigenvalue weighted by Gasteiger charge is 2.28.